The number of hydrogen-bond donors (Lipinski definition) is 1. The molecule has 1 aliphatic carbocycles. The number of halogens is 2. The molecule has 0 saturated heterocycles. The molecule has 0 spiro atoms. The van der Waals surface area contributed by atoms with Crippen LogP contribution in [-0.2, 0) is 0 Å². The second-order valence-corrected chi connectivity index (χ2v) is 5.96. The molecule has 1 atom stereocenters. The van der Waals surface area contributed by atoms with Gasteiger partial charge in [-0.15, -0.1) is 0 Å². The number of rotatable bonds is 3. The Bertz CT molecular complexity index is 413. The van der Waals surface area contributed by atoms with Crippen molar-refractivity contribution in [2.24, 2.45) is 5.41 Å². The van der Waals surface area contributed by atoms with Gasteiger partial charge in [0.05, 0.1) is 4.47 Å². The molecule has 1 aromatic rings. The Morgan fingerprint density at radius 1 is 1.44 bits per heavy atom. The minimum Gasteiger partial charge on any atom is -0.382 e. The first-order valence-electron chi connectivity index (χ1n) is 5.64. The van der Waals surface area contributed by atoms with Crippen molar-refractivity contribution in [3.05, 3.63) is 28.0 Å². The standard InChI is InChI=1S/C13H17BrFN/c1-8-6-10(14)11(15)7-12(8)16-9(2)13(3)4-5-13/h6-7,9,16H,4-5H2,1-3H3. The first-order chi connectivity index (χ1) is 7.42. The van der Waals surface area contributed by atoms with E-state index >= 15 is 0 Å². The summed E-state index contributed by atoms with van der Waals surface area (Å²) in [6, 6.07) is 3.79. The highest BCUT2D eigenvalue weighted by atomic mass is 79.9. The number of benzene rings is 1. The molecule has 2 rings (SSSR count). The minimum atomic E-state index is -0.207. The largest absolute Gasteiger partial charge is 0.382 e. The molecule has 1 N–H and O–H groups in total. The van der Waals surface area contributed by atoms with Gasteiger partial charge >= 0.3 is 0 Å². The first kappa shape index (κ1) is 11.9. The average Bonchev–Trinajstić information content (AvgIpc) is 2.94. The summed E-state index contributed by atoms with van der Waals surface area (Å²) in [5.74, 6) is -0.207. The number of nitrogens with one attached hydrogen (secondary N) is 1. The third kappa shape index (κ3) is 2.24. The molecule has 0 aromatic heterocycles. The van der Waals surface area contributed by atoms with Crippen LogP contribution in [0.25, 0.3) is 0 Å². The van der Waals surface area contributed by atoms with Crippen LogP contribution in [0.4, 0.5) is 10.1 Å². The number of aryl methyl sites for hydroxylation is 1. The van der Waals surface area contributed by atoms with Crippen LogP contribution in [-0.4, -0.2) is 6.04 Å². The summed E-state index contributed by atoms with van der Waals surface area (Å²) in [5, 5.41) is 3.42. The van der Waals surface area contributed by atoms with Crippen molar-refractivity contribution in [1.82, 2.24) is 0 Å². The first-order valence-corrected chi connectivity index (χ1v) is 6.44. The molecule has 16 heavy (non-hydrogen) atoms. The molecule has 0 aliphatic heterocycles. The van der Waals surface area contributed by atoms with Gasteiger partial charge in [0, 0.05) is 11.7 Å². The normalized spacial score (nSPS) is 19.3. The van der Waals surface area contributed by atoms with Crippen molar-refractivity contribution in [1.29, 1.82) is 0 Å². The van der Waals surface area contributed by atoms with Gasteiger partial charge in [0.2, 0.25) is 0 Å². The summed E-state index contributed by atoms with van der Waals surface area (Å²) >= 11 is 3.20. The van der Waals surface area contributed by atoms with Gasteiger partial charge in [-0.3, -0.25) is 0 Å². The van der Waals surface area contributed by atoms with Crippen LogP contribution in [0.15, 0.2) is 16.6 Å². The molecule has 0 heterocycles. The predicted octanol–water partition coefficient (Wildman–Crippen LogP) is 4.50. The molecule has 0 amide bonds. The Kier molecular flexibility index (Phi) is 2.99. The Labute approximate surface area is 105 Å². The smallest absolute Gasteiger partial charge is 0.139 e. The van der Waals surface area contributed by atoms with Crippen molar-refractivity contribution in [3.63, 3.8) is 0 Å². The average molecular weight is 286 g/mol. The van der Waals surface area contributed by atoms with Crippen molar-refractivity contribution < 1.29 is 4.39 Å². The fourth-order valence-electron chi connectivity index (χ4n) is 1.84. The van der Waals surface area contributed by atoms with E-state index in [0.717, 1.165) is 11.3 Å². The van der Waals surface area contributed by atoms with Crippen molar-refractivity contribution >= 4 is 21.6 Å². The Morgan fingerprint density at radius 2 is 2.06 bits per heavy atom. The Hall–Kier alpha value is -0.570. The van der Waals surface area contributed by atoms with Gasteiger partial charge in [-0.2, -0.15) is 0 Å². The SMILES string of the molecule is Cc1cc(Br)c(F)cc1NC(C)C1(C)CC1. The van der Waals surface area contributed by atoms with Gasteiger partial charge in [0.1, 0.15) is 5.82 Å². The van der Waals surface area contributed by atoms with Gasteiger partial charge in [-0.25, -0.2) is 4.39 Å². The monoisotopic (exact) mass is 285 g/mol. The van der Waals surface area contributed by atoms with Crippen LogP contribution < -0.4 is 5.32 Å². The summed E-state index contributed by atoms with van der Waals surface area (Å²) in [7, 11) is 0. The highest BCUT2D eigenvalue weighted by Crippen LogP contribution is 2.49. The van der Waals surface area contributed by atoms with E-state index in [-0.39, 0.29) is 5.82 Å². The van der Waals surface area contributed by atoms with Crippen LogP contribution in [0.3, 0.4) is 0 Å². The molecular weight excluding hydrogens is 269 g/mol. The van der Waals surface area contributed by atoms with Crippen LogP contribution in [0.1, 0.15) is 32.3 Å². The third-order valence-electron chi connectivity index (χ3n) is 3.72. The zero-order chi connectivity index (χ0) is 11.9. The van der Waals surface area contributed by atoms with Crippen molar-refractivity contribution in [2.75, 3.05) is 5.32 Å². The summed E-state index contributed by atoms with van der Waals surface area (Å²) in [6.45, 7) is 6.44. The quantitative estimate of drug-likeness (QED) is 0.862. The molecule has 1 nitrogen and oxygen atoms in total. The van der Waals surface area contributed by atoms with E-state index in [1.165, 1.54) is 12.8 Å². The summed E-state index contributed by atoms with van der Waals surface area (Å²) in [5.41, 5.74) is 2.38. The summed E-state index contributed by atoms with van der Waals surface area (Å²) < 4.78 is 14.0. The molecule has 1 aliphatic rings. The van der Waals surface area contributed by atoms with Crippen LogP contribution in [0, 0.1) is 18.2 Å². The van der Waals surface area contributed by atoms with Gasteiger partial charge in [0.25, 0.3) is 0 Å². The minimum absolute atomic E-state index is 0.207. The lowest BCUT2D eigenvalue weighted by Gasteiger charge is -2.23. The second-order valence-electron chi connectivity index (χ2n) is 5.10. The van der Waals surface area contributed by atoms with Crippen molar-refractivity contribution in [3.8, 4) is 0 Å². The Morgan fingerprint density at radius 3 is 2.62 bits per heavy atom. The van der Waals surface area contributed by atoms with Gasteiger partial charge < -0.3 is 5.32 Å². The molecular formula is C13H17BrFN. The number of hydrogen-bond acceptors (Lipinski definition) is 1. The zero-order valence-corrected chi connectivity index (χ0v) is 11.5. The molecule has 1 unspecified atom stereocenters. The highest BCUT2D eigenvalue weighted by Gasteiger charge is 2.42. The lowest BCUT2D eigenvalue weighted by molar-refractivity contribution is 0.492. The molecule has 3 heteroatoms. The van der Waals surface area contributed by atoms with Gasteiger partial charge in [0.15, 0.2) is 0 Å². The van der Waals surface area contributed by atoms with E-state index in [1.54, 1.807) is 6.07 Å². The van der Waals surface area contributed by atoms with E-state index in [0.29, 0.717) is 15.9 Å². The summed E-state index contributed by atoms with van der Waals surface area (Å²) in [4.78, 5) is 0. The predicted molar refractivity (Wildman–Crippen MR) is 69.3 cm³/mol. The number of anilines is 1. The van der Waals surface area contributed by atoms with Gasteiger partial charge in [-0.1, -0.05) is 6.92 Å². The van der Waals surface area contributed by atoms with E-state index in [1.807, 2.05) is 13.0 Å². The molecule has 1 aromatic carbocycles. The maximum atomic E-state index is 13.4. The van der Waals surface area contributed by atoms with E-state index < -0.39 is 0 Å². The zero-order valence-electron chi connectivity index (χ0n) is 9.90. The molecule has 88 valence electrons. The third-order valence-corrected chi connectivity index (χ3v) is 4.33. The maximum Gasteiger partial charge on any atom is 0.139 e. The van der Waals surface area contributed by atoms with E-state index in [4.69, 9.17) is 0 Å². The van der Waals surface area contributed by atoms with Crippen LogP contribution in [0.2, 0.25) is 0 Å². The van der Waals surface area contributed by atoms with E-state index in [9.17, 15) is 4.39 Å². The molecule has 0 radical (unpaired) electrons. The molecule has 1 fully saturated rings. The van der Waals surface area contributed by atoms with Crippen LogP contribution in [0.5, 0.6) is 0 Å². The highest BCUT2D eigenvalue weighted by molar-refractivity contribution is 9.10. The van der Waals surface area contributed by atoms with Crippen LogP contribution >= 0.6 is 15.9 Å². The topological polar surface area (TPSA) is 12.0 Å². The summed E-state index contributed by atoms with van der Waals surface area (Å²) in [6.07, 6.45) is 2.53. The molecule has 1 saturated carbocycles. The van der Waals surface area contributed by atoms with E-state index in [2.05, 4.69) is 35.1 Å². The fraction of sp³-hybridized carbons (Fsp3) is 0.538. The maximum absolute atomic E-state index is 13.4. The lowest BCUT2D eigenvalue weighted by Crippen LogP contribution is -2.25. The lowest BCUT2D eigenvalue weighted by atomic mass is 10.00. The Balaban J connectivity index is 2.18. The fourth-order valence-corrected chi connectivity index (χ4v) is 2.30. The van der Waals surface area contributed by atoms with Gasteiger partial charge in [-0.05, 0) is 65.7 Å². The van der Waals surface area contributed by atoms with Crippen molar-refractivity contribution in [2.45, 2.75) is 39.7 Å². The second kappa shape index (κ2) is 4.02. The molecule has 0 bridgehead atoms.